The van der Waals surface area contributed by atoms with E-state index in [0.29, 0.717) is 12.8 Å². The Morgan fingerprint density at radius 1 is 1.04 bits per heavy atom. The molecule has 1 saturated heterocycles. The van der Waals surface area contributed by atoms with Crippen LogP contribution in [0.15, 0.2) is 67.0 Å². The van der Waals surface area contributed by atoms with Gasteiger partial charge in [0.05, 0.1) is 18.4 Å². The van der Waals surface area contributed by atoms with Crippen molar-refractivity contribution in [2.45, 2.75) is 25.0 Å². The summed E-state index contributed by atoms with van der Waals surface area (Å²) in [4.78, 5) is 2.40. The zero-order valence-corrected chi connectivity index (χ0v) is 15.6. The standard InChI is InChI=1S/C22H25N3O2/c1-27-21-6-3-2-5-20(21)22(26)11-15-24(16-12-22)17-18-7-9-19(10-8-18)25-14-4-13-23-25/h2-10,13-14,26H,11-12,15-17H2,1H3. The molecule has 1 N–H and O–H groups in total. The third-order valence-corrected chi connectivity index (χ3v) is 5.40. The lowest BCUT2D eigenvalue weighted by Crippen LogP contribution is -2.42. The van der Waals surface area contributed by atoms with Gasteiger partial charge in [0.15, 0.2) is 0 Å². The molecule has 1 fully saturated rings. The summed E-state index contributed by atoms with van der Waals surface area (Å²) in [7, 11) is 1.66. The van der Waals surface area contributed by atoms with Crippen LogP contribution in [0.3, 0.4) is 0 Å². The molecule has 0 radical (unpaired) electrons. The molecule has 2 aromatic carbocycles. The first-order valence-corrected chi connectivity index (χ1v) is 9.35. The maximum atomic E-state index is 11.2. The maximum Gasteiger partial charge on any atom is 0.124 e. The third-order valence-electron chi connectivity index (χ3n) is 5.40. The number of rotatable bonds is 5. The topological polar surface area (TPSA) is 50.5 Å². The molecule has 4 rings (SSSR count). The number of aliphatic hydroxyl groups is 1. The summed E-state index contributed by atoms with van der Waals surface area (Å²) in [5, 5.41) is 15.4. The molecule has 2 heterocycles. The first-order chi connectivity index (χ1) is 13.2. The van der Waals surface area contributed by atoms with Gasteiger partial charge in [-0.15, -0.1) is 0 Å². The monoisotopic (exact) mass is 363 g/mol. The zero-order valence-electron chi connectivity index (χ0n) is 15.6. The van der Waals surface area contributed by atoms with Gasteiger partial charge in [-0.25, -0.2) is 4.68 Å². The summed E-state index contributed by atoms with van der Waals surface area (Å²) < 4.78 is 7.31. The molecule has 0 amide bonds. The fourth-order valence-corrected chi connectivity index (χ4v) is 3.81. The summed E-state index contributed by atoms with van der Waals surface area (Å²) in [5.74, 6) is 0.766. The van der Waals surface area contributed by atoms with Gasteiger partial charge in [0.2, 0.25) is 0 Å². The zero-order chi connectivity index (χ0) is 18.7. The van der Waals surface area contributed by atoms with Gasteiger partial charge in [-0.05, 0) is 42.7 Å². The predicted octanol–water partition coefficient (Wildman–Crippen LogP) is 3.36. The lowest BCUT2D eigenvalue weighted by molar-refractivity contribution is -0.0292. The smallest absolute Gasteiger partial charge is 0.124 e. The predicted molar refractivity (Wildman–Crippen MR) is 105 cm³/mol. The second-order valence-electron chi connectivity index (χ2n) is 7.13. The molecule has 5 nitrogen and oxygen atoms in total. The molecule has 27 heavy (non-hydrogen) atoms. The Hall–Kier alpha value is -2.63. The van der Waals surface area contributed by atoms with Crippen LogP contribution in [0, 0.1) is 0 Å². The highest BCUT2D eigenvalue weighted by molar-refractivity contribution is 5.38. The van der Waals surface area contributed by atoms with Crippen molar-refractivity contribution in [1.29, 1.82) is 0 Å². The second kappa shape index (κ2) is 7.55. The molecule has 1 aliphatic heterocycles. The van der Waals surface area contributed by atoms with Crippen molar-refractivity contribution >= 4 is 0 Å². The number of hydrogen-bond acceptors (Lipinski definition) is 4. The summed E-state index contributed by atoms with van der Waals surface area (Å²) in [6, 6.07) is 18.2. The van der Waals surface area contributed by atoms with Crippen LogP contribution < -0.4 is 4.74 Å². The summed E-state index contributed by atoms with van der Waals surface area (Å²) in [6.07, 6.45) is 5.14. The Balaban J connectivity index is 1.39. The van der Waals surface area contributed by atoms with Crippen molar-refractivity contribution in [3.05, 3.63) is 78.1 Å². The summed E-state index contributed by atoms with van der Waals surface area (Å²) in [6.45, 7) is 2.60. The molecule has 0 saturated carbocycles. The highest BCUT2D eigenvalue weighted by Gasteiger charge is 2.36. The number of likely N-dealkylation sites (tertiary alicyclic amines) is 1. The fraction of sp³-hybridized carbons (Fsp3) is 0.318. The molecule has 0 spiro atoms. The number of para-hydroxylation sites is 1. The Morgan fingerprint density at radius 2 is 1.78 bits per heavy atom. The molecular formula is C22H25N3O2. The van der Waals surface area contributed by atoms with E-state index >= 15 is 0 Å². The van der Waals surface area contributed by atoms with Gasteiger partial charge in [-0.1, -0.05) is 30.3 Å². The van der Waals surface area contributed by atoms with E-state index in [1.165, 1.54) is 5.56 Å². The first-order valence-electron chi connectivity index (χ1n) is 9.35. The molecule has 0 aliphatic carbocycles. The van der Waals surface area contributed by atoms with E-state index in [2.05, 4.69) is 34.3 Å². The van der Waals surface area contributed by atoms with E-state index < -0.39 is 5.60 Å². The van der Waals surface area contributed by atoms with E-state index in [9.17, 15) is 5.11 Å². The molecule has 3 aromatic rings. The van der Waals surface area contributed by atoms with Crippen LogP contribution in [-0.2, 0) is 12.1 Å². The van der Waals surface area contributed by atoms with Crippen molar-refractivity contribution in [3.63, 3.8) is 0 Å². The van der Waals surface area contributed by atoms with Crippen LogP contribution >= 0.6 is 0 Å². The summed E-state index contributed by atoms with van der Waals surface area (Å²) >= 11 is 0. The van der Waals surface area contributed by atoms with E-state index in [1.807, 2.05) is 41.2 Å². The van der Waals surface area contributed by atoms with E-state index in [1.54, 1.807) is 13.3 Å². The molecule has 140 valence electrons. The first kappa shape index (κ1) is 17.8. The van der Waals surface area contributed by atoms with Gasteiger partial charge in [0.1, 0.15) is 5.75 Å². The van der Waals surface area contributed by atoms with Gasteiger partial charge < -0.3 is 9.84 Å². The number of methoxy groups -OCH3 is 1. The third kappa shape index (κ3) is 3.75. The number of benzene rings is 2. The lowest BCUT2D eigenvalue weighted by atomic mass is 9.84. The minimum Gasteiger partial charge on any atom is -0.496 e. The van der Waals surface area contributed by atoms with Gasteiger partial charge in [0, 0.05) is 37.6 Å². The van der Waals surface area contributed by atoms with Gasteiger partial charge in [0.25, 0.3) is 0 Å². The minimum absolute atomic E-state index is 0.707. The second-order valence-corrected chi connectivity index (χ2v) is 7.13. The van der Waals surface area contributed by atoms with Crippen LogP contribution in [0.1, 0.15) is 24.0 Å². The quantitative estimate of drug-likeness (QED) is 0.755. The lowest BCUT2D eigenvalue weighted by Gasteiger charge is -2.39. The van der Waals surface area contributed by atoms with Gasteiger partial charge in [-0.2, -0.15) is 5.10 Å². The SMILES string of the molecule is COc1ccccc1C1(O)CCN(Cc2ccc(-n3cccn3)cc2)CC1. The van der Waals surface area contributed by atoms with Gasteiger partial charge >= 0.3 is 0 Å². The van der Waals surface area contributed by atoms with E-state index in [-0.39, 0.29) is 0 Å². The van der Waals surface area contributed by atoms with E-state index in [4.69, 9.17) is 4.74 Å². The maximum absolute atomic E-state index is 11.2. The molecule has 5 heteroatoms. The number of hydrogen-bond donors (Lipinski definition) is 1. The number of nitrogens with zero attached hydrogens (tertiary/aromatic N) is 3. The van der Waals surface area contributed by atoms with Crippen LogP contribution in [0.4, 0.5) is 0 Å². The number of piperidine rings is 1. The number of aromatic nitrogens is 2. The summed E-state index contributed by atoms with van der Waals surface area (Å²) in [5.41, 5.74) is 2.42. The average molecular weight is 363 g/mol. The Morgan fingerprint density at radius 3 is 2.44 bits per heavy atom. The Bertz CT molecular complexity index is 867. The molecular weight excluding hydrogens is 338 g/mol. The fourth-order valence-electron chi connectivity index (χ4n) is 3.81. The van der Waals surface area contributed by atoms with Crippen LogP contribution in [0.2, 0.25) is 0 Å². The van der Waals surface area contributed by atoms with Crippen LogP contribution in [0.5, 0.6) is 5.75 Å². The van der Waals surface area contributed by atoms with Crippen LogP contribution in [0.25, 0.3) is 5.69 Å². The molecule has 0 bridgehead atoms. The highest BCUT2D eigenvalue weighted by Crippen LogP contribution is 2.38. The Labute approximate surface area is 159 Å². The molecule has 1 aliphatic rings. The molecule has 0 atom stereocenters. The normalized spacial score (nSPS) is 17.0. The van der Waals surface area contributed by atoms with E-state index in [0.717, 1.165) is 36.6 Å². The number of ether oxygens (including phenoxy) is 1. The molecule has 1 aromatic heterocycles. The van der Waals surface area contributed by atoms with Crippen molar-refractivity contribution in [3.8, 4) is 11.4 Å². The van der Waals surface area contributed by atoms with Crippen molar-refractivity contribution in [2.24, 2.45) is 0 Å². The van der Waals surface area contributed by atoms with Gasteiger partial charge in [-0.3, -0.25) is 4.90 Å². The van der Waals surface area contributed by atoms with Crippen molar-refractivity contribution < 1.29 is 9.84 Å². The van der Waals surface area contributed by atoms with Crippen molar-refractivity contribution in [1.82, 2.24) is 14.7 Å². The largest absolute Gasteiger partial charge is 0.496 e. The molecule has 0 unspecified atom stereocenters. The Kier molecular flexibility index (Phi) is 4.97. The van der Waals surface area contributed by atoms with Crippen LogP contribution in [-0.4, -0.2) is 40.0 Å². The van der Waals surface area contributed by atoms with Crippen molar-refractivity contribution in [2.75, 3.05) is 20.2 Å². The highest BCUT2D eigenvalue weighted by atomic mass is 16.5. The minimum atomic E-state index is -0.812. The average Bonchev–Trinajstić information content (AvgIpc) is 3.25.